The van der Waals surface area contributed by atoms with Gasteiger partial charge in [0, 0.05) is 87.7 Å². The van der Waals surface area contributed by atoms with Gasteiger partial charge in [-0.05, 0) is 125 Å². The lowest BCUT2D eigenvalue weighted by atomic mass is 9.95. The van der Waals surface area contributed by atoms with Gasteiger partial charge >= 0.3 is 0 Å². The quantitative estimate of drug-likeness (QED) is 0.151. The zero-order chi connectivity index (χ0) is 53.1. The van der Waals surface area contributed by atoms with Gasteiger partial charge in [0.05, 0.1) is 41.2 Å². The van der Waals surface area contributed by atoms with Crippen LogP contribution in [0.4, 0.5) is 45.8 Å². The van der Waals surface area contributed by atoms with Gasteiger partial charge in [-0.25, -0.2) is 9.97 Å². The number of fused-ring (bicyclic) bond motifs is 13. The Hall–Kier alpha value is -10.1. The van der Waals surface area contributed by atoms with E-state index in [4.69, 9.17) is 9.97 Å². The minimum atomic E-state index is -0.0973. The largest absolute Gasteiger partial charge is 0.331 e. The van der Waals surface area contributed by atoms with Crippen molar-refractivity contribution >= 4 is 77.3 Å². The molecule has 17 rings (SSSR count). The molecule has 4 aliphatic heterocycles. The predicted molar refractivity (Wildman–Crippen MR) is 335 cm³/mol. The Kier molecular flexibility index (Phi) is 10.3. The lowest BCUT2D eigenvalue weighted by Gasteiger charge is -2.29. The Morgan fingerprint density at radius 3 is 1.04 bits per heavy atom. The van der Waals surface area contributed by atoms with Crippen molar-refractivity contribution in [2.24, 2.45) is 0 Å². The van der Waals surface area contributed by atoms with Gasteiger partial charge < -0.3 is 19.6 Å². The van der Waals surface area contributed by atoms with Crippen LogP contribution in [-0.2, 0) is 0 Å². The second kappa shape index (κ2) is 18.2. The van der Waals surface area contributed by atoms with Crippen LogP contribution in [0.3, 0.4) is 0 Å². The molecule has 382 valence electrons. The summed E-state index contributed by atoms with van der Waals surface area (Å²) in [7, 11) is 0. The van der Waals surface area contributed by atoms with Crippen molar-refractivity contribution in [2.45, 2.75) is 24.2 Å². The number of hydrogen-bond donors (Lipinski definition) is 0. The molecule has 0 amide bonds. The molecule has 0 fully saturated rings. The molecule has 0 N–H and O–H groups in total. The Balaban J connectivity index is 0.795. The molecule has 13 aromatic rings. The molecule has 4 atom stereocenters. The summed E-state index contributed by atoms with van der Waals surface area (Å²) in [5.74, 6) is 0.682. The lowest BCUT2D eigenvalue weighted by molar-refractivity contribution is 0.626. The second-order valence-corrected chi connectivity index (χ2v) is 22.7. The molecular weight excluding hydrogens is 1000 g/mol. The fourth-order valence-corrected chi connectivity index (χ4v) is 14.9. The molecule has 7 heteroatoms. The number of hydrogen-bond acceptors (Lipinski definition) is 7. The molecule has 0 bridgehead atoms. The molecule has 0 spiro atoms. The van der Waals surface area contributed by atoms with Crippen LogP contribution < -0.4 is 19.6 Å². The monoisotopic (exact) mass is 1050 g/mol. The van der Waals surface area contributed by atoms with Crippen molar-refractivity contribution in [1.82, 2.24) is 9.97 Å². The Morgan fingerprint density at radius 1 is 0.259 bits per heavy atom. The second-order valence-electron chi connectivity index (χ2n) is 21.6. The smallest absolute Gasteiger partial charge is 0.231 e. The normalized spacial score (nSPS) is 17.3. The van der Waals surface area contributed by atoms with E-state index < -0.39 is 0 Å². The van der Waals surface area contributed by atoms with Gasteiger partial charge in [-0.1, -0.05) is 176 Å². The van der Waals surface area contributed by atoms with Gasteiger partial charge in [0.2, 0.25) is 5.95 Å². The Morgan fingerprint density at radius 2 is 0.593 bits per heavy atom. The van der Waals surface area contributed by atoms with E-state index in [1.165, 1.54) is 93.1 Å². The molecule has 6 nitrogen and oxygen atoms in total. The van der Waals surface area contributed by atoms with Gasteiger partial charge in [-0.3, -0.25) is 0 Å². The predicted octanol–water partition coefficient (Wildman–Crippen LogP) is 19.7. The van der Waals surface area contributed by atoms with Crippen molar-refractivity contribution < 1.29 is 0 Å². The molecule has 0 saturated heterocycles. The summed E-state index contributed by atoms with van der Waals surface area (Å²) < 4.78 is 2.56. The van der Waals surface area contributed by atoms with Gasteiger partial charge in [0.15, 0.2) is 0 Å². The third-order valence-electron chi connectivity index (χ3n) is 17.3. The number of thiophene rings is 1. The summed E-state index contributed by atoms with van der Waals surface area (Å²) in [6.45, 7) is 0. The average molecular weight is 1060 g/mol. The first kappa shape index (κ1) is 45.9. The molecule has 4 unspecified atom stereocenters. The number of rotatable bonds is 8. The molecule has 0 aliphatic carbocycles. The van der Waals surface area contributed by atoms with E-state index >= 15 is 0 Å². The van der Waals surface area contributed by atoms with Crippen LogP contribution in [0.1, 0.15) is 46.4 Å². The summed E-state index contributed by atoms with van der Waals surface area (Å²) in [6.07, 6.45) is 0. The summed E-state index contributed by atoms with van der Waals surface area (Å²) in [6, 6.07) is 102. The average Bonchev–Trinajstić information content (AvgIpc) is 3.35. The molecule has 0 radical (unpaired) electrons. The summed E-state index contributed by atoms with van der Waals surface area (Å²) >= 11 is 1.87. The zero-order valence-corrected chi connectivity index (χ0v) is 44.8. The maximum absolute atomic E-state index is 5.47. The van der Waals surface area contributed by atoms with Crippen LogP contribution >= 0.6 is 11.3 Å². The van der Waals surface area contributed by atoms with Crippen LogP contribution in [0.5, 0.6) is 0 Å². The molecule has 11 aromatic carbocycles. The molecule has 0 saturated carbocycles. The van der Waals surface area contributed by atoms with Crippen LogP contribution in [0.15, 0.2) is 279 Å². The highest BCUT2D eigenvalue weighted by Gasteiger charge is 2.52. The number of benzene rings is 11. The highest BCUT2D eigenvalue weighted by molar-refractivity contribution is 7.25. The number of aromatic nitrogens is 2. The standard InChI is InChI=1S/C74H50N6S/c1-6-20-47(21-7-1)62-46-63(48-22-8-2-9-23-48)76-74(75-62)80-67-39-35-50(45-61(67)73-71(80)57-31-17-19-33-65(57)78(73)54-26-12-4-13-27-54)52-37-41-69-59(43-52)58-42-51(36-40-68(58)81-69)49-34-38-66-60(44-49)72-70(79(66)55-28-14-5-15-29-55)56-30-16-18-32-64(56)77(72)53-24-10-3-11-25-53/h1-46,70-73H. The van der Waals surface area contributed by atoms with E-state index in [1.54, 1.807) is 0 Å². The van der Waals surface area contributed by atoms with E-state index in [1.807, 2.05) is 11.3 Å². The molecular formula is C74H50N6S. The lowest BCUT2D eigenvalue weighted by Crippen LogP contribution is -2.25. The highest BCUT2D eigenvalue weighted by atomic mass is 32.1. The Bertz CT molecular complexity index is 4530. The molecule has 4 aliphatic rings. The fourth-order valence-electron chi connectivity index (χ4n) is 13.8. The van der Waals surface area contributed by atoms with E-state index in [0.717, 1.165) is 33.9 Å². The van der Waals surface area contributed by atoms with E-state index in [-0.39, 0.29) is 24.2 Å². The van der Waals surface area contributed by atoms with Crippen molar-refractivity contribution in [2.75, 3.05) is 19.6 Å². The van der Waals surface area contributed by atoms with Crippen LogP contribution in [-0.4, -0.2) is 9.97 Å². The van der Waals surface area contributed by atoms with Crippen LogP contribution in [0, 0.1) is 0 Å². The van der Waals surface area contributed by atoms with E-state index in [0.29, 0.717) is 5.95 Å². The summed E-state index contributed by atoms with van der Waals surface area (Å²) in [5.41, 5.74) is 22.2. The van der Waals surface area contributed by atoms with Gasteiger partial charge in [-0.2, -0.15) is 0 Å². The first-order chi connectivity index (χ1) is 40.2. The SMILES string of the molecule is c1ccc(-c2cc(-c3ccccc3)nc(N3c4ccc(-c5ccc6sc7ccc(-c8ccc9c(c8)C8C(c%10ccccc%10N8c8ccccc8)N9c8ccccc8)cc7c6c5)cc4C4C3c3ccccc3N4c3ccccc3)n2)cc1. The third kappa shape index (κ3) is 7.18. The first-order valence-electron chi connectivity index (χ1n) is 27.9. The highest BCUT2D eigenvalue weighted by Crippen LogP contribution is 2.64. The summed E-state index contributed by atoms with van der Waals surface area (Å²) in [5, 5.41) is 2.54. The topological polar surface area (TPSA) is 38.7 Å². The minimum Gasteiger partial charge on any atom is -0.331 e. The van der Waals surface area contributed by atoms with Crippen molar-refractivity contribution in [3.63, 3.8) is 0 Å². The van der Waals surface area contributed by atoms with Gasteiger partial charge in [-0.15, -0.1) is 11.3 Å². The maximum atomic E-state index is 5.47. The zero-order valence-electron chi connectivity index (χ0n) is 44.0. The van der Waals surface area contributed by atoms with Gasteiger partial charge in [0.1, 0.15) is 0 Å². The first-order valence-corrected chi connectivity index (χ1v) is 28.7. The maximum Gasteiger partial charge on any atom is 0.231 e. The molecule has 2 aromatic heterocycles. The van der Waals surface area contributed by atoms with Crippen LogP contribution in [0.25, 0.3) is 64.9 Å². The fraction of sp³-hybridized carbons (Fsp3) is 0.0541. The van der Waals surface area contributed by atoms with E-state index in [9.17, 15) is 0 Å². The third-order valence-corrected chi connectivity index (χ3v) is 18.4. The van der Waals surface area contributed by atoms with Crippen LogP contribution in [0.2, 0.25) is 0 Å². The van der Waals surface area contributed by atoms with Gasteiger partial charge in [0.25, 0.3) is 0 Å². The number of nitrogens with zero attached hydrogens (tertiary/aromatic N) is 6. The minimum absolute atomic E-state index is 0.0577. The van der Waals surface area contributed by atoms with E-state index in [2.05, 4.69) is 299 Å². The van der Waals surface area contributed by atoms with Crippen molar-refractivity contribution in [3.05, 3.63) is 301 Å². The van der Waals surface area contributed by atoms with Crippen molar-refractivity contribution in [3.8, 4) is 44.8 Å². The summed E-state index contributed by atoms with van der Waals surface area (Å²) in [4.78, 5) is 21.1. The Labute approximate surface area is 474 Å². The molecule has 6 heterocycles. The van der Waals surface area contributed by atoms with Crippen molar-refractivity contribution in [1.29, 1.82) is 0 Å². The molecule has 81 heavy (non-hydrogen) atoms. The number of para-hydroxylation sites is 5. The number of anilines is 8.